The molecule has 0 aromatic heterocycles. The maximum atomic E-state index is 12.2. The molecule has 2 aromatic carbocycles. The molecule has 0 spiro atoms. The van der Waals surface area contributed by atoms with E-state index in [4.69, 9.17) is 4.74 Å². The highest BCUT2D eigenvalue weighted by Crippen LogP contribution is 2.45. The molecule has 1 aliphatic carbocycles. The van der Waals surface area contributed by atoms with Crippen LogP contribution in [0.3, 0.4) is 0 Å². The van der Waals surface area contributed by atoms with Crippen LogP contribution in [0.5, 0.6) is 11.5 Å². The van der Waals surface area contributed by atoms with Gasteiger partial charge in [-0.15, -0.1) is 0 Å². The number of aromatic hydroxyl groups is 1. The van der Waals surface area contributed by atoms with E-state index < -0.39 is 11.4 Å². The lowest BCUT2D eigenvalue weighted by Gasteiger charge is -2.43. The quantitative estimate of drug-likeness (QED) is 0.290. The van der Waals surface area contributed by atoms with Crippen molar-refractivity contribution in [2.75, 3.05) is 0 Å². The third kappa shape index (κ3) is 6.87. The van der Waals surface area contributed by atoms with E-state index in [9.17, 15) is 20.1 Å². The van der Waals surface area contributed by atoms with E-state index in [-0.39, 0.29) is 28.9 Å². The van der Waals surface area contributed by atoms with Crippen LogP contribution in [-0.4, -0.2) is 33.5 Å². The Morgan fingerprint density at radius 2 is 1.57 bits per heavy atom. The molecule has 2 unspecified atom stereocenters. The zero-order chi connectivity index (χ0) is 27.4. The average molecular weight is 511 g/mol. The van der Waals surface area contributed by atoms with E-state index in [0.717, 1.165) is 56.1 Å². The Labute approximate surface area is 222 Å². The fraction of sp³-hybridized carbons (Fsp3) is 0.594. The second-order valence-corrected chi connectivity index (χ2v) is 12.1. The first-order valence-corrected chi connectivity index (χ1v) is 13.9. The number of aromatic carboxylic acids is 1. The van der Waals surface area contributed by atoms with Crippen molar-refractivity contribution in [3.63, 3.8) is 0 Å². The highest BCUT2D eigenvalue weighted by atomic mass is 16.5. The van der Waals surface area contributed by atoms with Gasteiger partial charge in [0.2, 0.25) is 0 Å². The van der Waals surface area contributed by atoms with Gasteiger partial charge in [0.05, 0.1) is 12.2 Å². The third-order valence-electron chi connectivity index (χ3n) is 9.21. The molecule has 3 N–H and O–H groups in total. The summed E-state index contributed by atoms with van der Waals surface area (Å²) >= 11 is 0. The van der Waals surface area contributed by atoms with Gasteiger partial charge in [0.25, 0.3) is 0 Å². The normalized spacial score (nSPS) is 20.3. The van der Waals surface area contributed by atoms with E-state index >= 15 is 0 Å². The highest BCUT2D eigenvalue weighted by molar-refractivity contribution is 5.91. The van der Waals surface area contributed by atoms with E-state index in [0.29, 0.717) is 17.6 Å². The van der Waals surface area contributed by atoms with Crippen LogP contribution in [0, 0.1) is 17.3 Å². The van der Waals surface area contributed by atoms with E-state index in [2.05, 4.69) is 27.7 Å². The van der Waals surface area contributed by atoms with Crippen molar-refractivity contribution < 1.29 is 24.9 Å². The van der Waals surface area contributed by atoms with Crippen molar-refractivity contribution in [2.24, 2.45) is 17.3 Å². The molecule has 0 amide bonds. The SMILES string of the molecule is CCC(CCC(C)C(C)(C)C1CCC(O)CC1)Oc1ccc(C(C)(C)c2ccc(O)cc2)cc1C(=O)O. The maximum absolute atomic E-state index is 12.2. The van der Waals surface area contributed by atoms with Gasteiger partial charge in [-0.25, -0.2) is 4.79 Å². The van der Waals surface area contributed by atoms with Crippen LogP contribution < -0.4 is 4.74 Å². The minimum absolute atomic E-state index is 0.0551. The molecule has 204 valence electrons. The molecule has 0 heterocycles. The molecule has 5 heteroatoms. The summed E-state index contributed by atoms with van der Waals surface area (Å²) in [4.78, 5) is 12.2. The van der Waals surface area contributed by atoms with Crippen LogP contribution in [0.15, 0.2) is 42.5 Å². The molecule has 0 saturated heterocycles. The molecule has 1 aliphatic rings. The lowest BCUT2D eigenvalue weighted by molar-refractivity contribution is 0.0324. The Morgan fingerprint density at radius 1 is 0.973 bits per heavy atom. The van der Waals surface area contributed by atoms with Crippen LogP contribution in [-0.2, 0) is 5.41 Å². The molecule has 2 atom stereocenters. The van der Waals surface area contributed by atoms with Crippen LogP contribution in [0.2, 0.25) is 0 Å². The number of rotatable bonds is 11. The first-order chi connectivity index (χ1) is 17.4. The third-order valence-corrected chi connectivity index (χ3v) is 9.21. The monoisotopic (exact) mass is 510 g/mol. The molecular weight excluding hydrogens is 464 g/mol. The minimum atomic E-state index is -0.998. The summed E-state index contributed by atoms with van der Waals surface area (Å²) in [5.41, 5.74) is 1.80. The van der Waals surface area contributed by atoms with Crippen LogP contribution >= 0.6 is 0 Å². The molecule has 3 rings (SSSR count). The summed E-state index contributed by atoms with van der Waals surface area (Å²) in [5.74, 6) is 0.739. The Bertz CT molecular complexity index is 1030. The average Bonchev–Trinajstić information content (AvgIpc) is 2.86. The van der Waals surface area contributed by atoms with E-state index in [1.54, 1.807) is 24.3 Å². The lowest BCUT2D eigenvalue weighted by Crippen LogP contribution is -2.35. The molecule has 37 heavy (non-hydrogen) atoms. The number of aliphatic hydroxyl groups excluding tert-OH is 1. The summed E-state index contributed by atoms with van der Waals surface area (Å²) in [5, 5.41) is 29.6. The summed E-state index contributed by atoms with van der Waals surface area (Å²) in [6, 6.07) is 12.5. The molecule has 0 aliphatic heterocycles. The summed E-state index contributed by atoms with van der Waals surface area (Å²) < 4.78 is 6.32. The fourth-order valence-corrected chi connectivity index (χ4v) is 5.79. The molecule has 5 nitrogen and oxygen atoms in total. The minimum Gasteiger partial charge on any atom is -0.508 e. The number of phenols is 1. The zero-order valence-corrected chi connectivity index (χ0v) is 23.5. The lowest BCUT2D eigenvalue weighted by atomic mass is 9.63. The molecule has 1 fully saturated rings. The van der Waals surface area contributed by atoms with Crippen molar-refractivity contribution in [3.8, 4) is 11.5 Å². The summed E-state index contributed by atoms with van der Waals surface area (Å²) in [6.07, 6.45) is 6.47. The van der Waals surface area contributed by atoms with E-state index in [1.165, 1.54) is 0 Å². The molecular formula is C32H46O5. The second-order valence-electron chi connectivity index (χ2n) is 12.1. The summed E-state index contributed by atoms with van der Waals surface area (Å²) in [6.45, 7) is 13.2. The van der Waals surface area contributed by atoms with Gasteiger partial charge in [-0.2, -0.15) is 0 Å². The number of benzene rings is 2. The van der Waals surface area contributed by atoms with Crippen molar-refractivity contribution in [1.29, 1.82) is 0 Å². The number of phenolic OH excluding ortho intramolecular Hbond substituents is 1. The van der Waals surface area contributed by atoms with Crippen LogP contribution in [0.1, 0.15) is 108 Å². The topological polar surface area (TPSA) is 87.0 Å². The first-order valence-electron chi connectivity index (χ1n) is 13.9. The van der Waals surface area contributed by atoms with Gasteiger partial charge in [0, 0.05) is 5.41 Å². The highest BCUT2D eigenvalue weighted by Gasteiger charge is 2.37. The Kier molecular flexibility index (Phi) is 9.33. The molecule has 0 radical (unpaired) electrons. The van der Waals surface area contributed by atoms with Gasteiger partial charge < -0.3 is 20.1 Å². The number of aliphatic hydroxyl groups is 1. The van der Waals surface area contributed by atoms with Crippen molar-refractivity contribution in [2.45, 2.75) is 104 Å². The van der Waals surface area contributed by atoms with Gasteiger partial charge in [-0.3, -0.25) is 0 Å². The van der Waals surface area contributed by atoms with Crippen LogP contribution in [0.25, 0.3) is 0 Å². The summed E-state index contributed by atoms with van der Waals surface area (Å²) in [7, 11) is 0. The predicted octanol–water partition coefficient (Wildman–Crippen LogP) is 7.57. The standard InChI is InChI=1S/C32H46O5/c1-7-27(18-8-21(2)31(3,4)22-9-14-25(33)15-10-22)37-29-19-13-24(20-28(29)30(35)36)32(5,6)23-11-16-26(34)17-12-23/h11-13,16-17,19-22,25,27,33-34H,7-10,14-15,18H2,1-6H3,(H,35,36). The number of carboxylic acids is 1. The van der Waals surface area contributed by atoms with Crippen molar-refractivity contribution in [1.82, 2.24) is 0 Å². The van der Waals surface area contributed by atoms with Gasteiger partial charge in [-0.1, -0.05) is 59.7 Å². The number of hydrogen-bond acceptors (Lipinski definition) is 4. The Hall–Kier alpha value is -2.53. The second kappa shape index (κ2) is 11.9. The van der Waals surface area contributed by atoms with Gasteiger partial charge in [0.1, 0.15) is 17.1 Å². The van der Waals surface area contributed by atoms with Crippen molar-refractivity contribution >= 4 is 5.97 Å². The first kappa shape index (κ1) is 29.0. The fourth-order valence-electron chi connectivity index (χ4n) is 5.79. The van der Waals surface area contributed by atoms with E-state index in [1.807, 2.05) is 32.0 Å². The predicted molar refractivity (Wildman–Crippen MR) is 148 cm³/mol. The molecule has 1 saturated carbocycles. The largest absolute Gasteiger partial charge is 0.508 e. The Morgan fingerprint density at radius 3 is 2.14 bits per heavy atom. The van der Waals surface area contributed by atoms with Gasteiger partial charge in [-0.05, 0) is 97.6 Å². The number of ether oxygens (including phenoxy) is 1. The molecule has 0 bridgehead atoms. The molecule has 2 aromatic rings. The Balaban J connectivity index is 1.71. The number of carboxylic acid groups (broad SMARTS) is 1. The zero-order valence-electron chi connectivity index (χ0n) is 23.5. The smallest absolute Gasteiger partial charge is 0.339 e. The van der Waals surface area contributed by atoms with Crippen LogP contribution in [0.4, 0.5) is 0 Å². The number of carbonyl (C=O) groups is 1. The van der Waals surface area contributed by atoms with Crippen molar-refractivity contribution in [3.05, 3.63) is 59.2 Å². The van der Waals surface area contributed by atoms with Gasteiger partial charge >= 0.3 is 5.97 Å². The maximum Gasteiger partial charge on any atom is 0.339 e. The number of hydrogen-bond donors (Lipinski definition) is 3. The van der Waals surface area contributed by atoms with Gasteiger partial charge in [0.15, 0.2) is 0 Å².